The van der Waals surface area contributed by atoms with E-state index in [2.05, 4.69) is 139 Å². The summed E-state index contributed by atoms with van der Waals surface area (Å²) >= 11 is 0. The van der Waals surface area contributed by atoms with Gasteiger partial charge in [-0.2, -0.15) is 0 Å². The maximum Gasteiger partial charge on any atom is 0.296 e. The van der Waals surface area contributed by atoms with Crippen LogP contribution in [0.2, 0.25) is 0 Å². The predicted octanol–water partition coefficient (Wildman–Crippen LogP) is 6.42. The van der Waals surface area contributed by atoms with Crippen molar-refractivity contribution in [1.29, 1.82) is 0 Å². The molecule has 0 saturated heterocycles. The molecule has 0 aromatic heterocycles. The van der Waals surface area contributed by atoms with Gasteiger partial charge in [-0.15, -0.1) is 16.4 Å². The molecule has 0 fully saturated rings. The first kappa shape index (κ1) is 22.4. The molecule has 0 amide bonds. The first-order chi connectivity index (χ1) is 16.3. The summed E-state index contributed by atoms with van der Waals surface area (Å²) in [6.07, 6.45) is -1.39. The molecule has 4 aromatic rings. The zero-order valence-electron chi connectivity index (χ0n) is 21.3. The third kappa shape index (κ3) is 3.21. The Hall–Kier alpha value is -3.36. The highest BCUT2D eigenvalue weighted by Crippen LogP contribution is 2.47. The number of fused-ring (bicyclic) bond motifs is 1. The van der Waals surface area contributed by atoms with Gasteiger partial charge in [-0.3, -0.25) is 0 Å². The molecule has 0 saturated carbocycles. The van der Waals surface area contributed by atoms with Gasteiger partial charge in [-0.25, -0.2) is 0 Å². The summed E-state index contributed by atoms with van der Waals surface area (Å²) < 4.78 is 0.767. The van der Waals surface area contributed by atoms with E-state index in [-0.39, 0.29) is 0 Å². The largest absolute Gasteiger partial charge is 0.474 e. The number of quaternary nitrogens is 1. The molecule has 0 aliphatic carbocycles. The van der Waals surface area contributed by atoms with Crippen molar-refractivity contribution in [3.63, 3.8) is 0 Å². The highest BCUT2D eigenvalue weighted by Gasteiger charge is 2.52. The molecule has 0 unspecified atom stereocenters. The number of hydrogen-bond donors (Lipinski definition) is 0. The van der Waals surface area contributed by atoms with E-state index in [4.69, 9.17) is 0 Å². The van der Waals surface area contributed by atoms with E-state index in [0.717, 1.165) is 4.39 Å². The van der Waals surface area contributed by atoms with Crippen molar-refractivity contribution in [3.05, 3.63) is 125 Å². The van der Waals surface area contributed by atoms with Crippen LogP contribution in [-0.4, -0.2) is 20.4 Å². The standard InChI is InChI=1S/C32H34BN/c1-23-11-17-27(18-12-23)32-26(4)30-9-7-8-10-31(30)34(5,6)33(32,28-19-13-24(2)14-20-28)29-21-15-25(3)16-22-29/h7-22H,1-6H3. The highest BCUT2D eigenvalue weighted by molar-refractivity contribution is 7.16. The fourth-order valence-corrected chi connectivity index (χ4v) is 6.43. The van der Waals surface area contributed by atoms with Crippen LogP contribution in [-0.2, 0) is 0 Å². The summed E-state index contributed by atoms with van der Waals surface area (Å²) in [7, 11) is 4.80. The SMILES string of the molecule is CC1=C(c2ccc(C)cc2)[B-](c2ccc(C)cc2)(c2ccc(C)cc2)[N+](C)(C)c2ccccc21. The van der Waals surface area contributed by atoms with E-state index in [1.165, 1.54) is 55.5 Å². The molecule has 170 valence electrons. The Morgan fingerprint density at radius 2 is 0.971 bits per heavy atom. The number of allylic oxidation sites excluding steroid dienone is 1. The Kier molecular flexibility index (Phi) is 5.38. The number of para-hydroxylation sites is 1. The number of aryl methyl sites for hydroxylation is 3. The molecular formula is C32H34BN. The topological polar surface area (TPSA) is 0 Å². The van der Waals surface area contributed by atoms with Crippen LogP contribution in [0.25, 0.3) is 11.0 Å². The lowest BCUT2D eigenvalue weighted by Crippen LogP contribution is -2.80. The number of benzene rings is 4. The number of hydrogen-bond acceptors (Lipinski definition) is 0. The number of nitrogens with zero attached hydrogens (tertiary/aromatic N) is 1. The molecule has 1 nitrogen and oxygen atoms in total. The summed E-state index contributed by atoms with van der Waals surface area (Å²) in [6, 6.07) is 36.7. The fourth-order valence-electron chi connectivity index (χ4n) is 6.43. The summed E-state index contributed by atoms with van der Waals surface area (Å²) in [5.74, 6) is 0. The molecule has 2 heteroatoms. The molecule has 34 heavy (non-hydrogen) atoms. The van der Waals surface area contributed by atoms with Gasteiger partial charge in [-0.05, 0) is 39.8 Å². The highest BCUT2D eigenvalue weighted by atomic mass is 15.3. The van der Waals surface area contributed by atoms with Crippen molar-refractivity contribution in [3.8, 4) is 0 Å². The van der Waals surface area contributed by atoms with Crippen LogP contribution in [0.3, 0.4) is 0 Å². The molecule has 0 atom stereocenters. The minimum absolute atomic E-state index is 0.767. The molecule has 1 aliphatic heterocycles. The Balaban J connectivity index is 2.00. The van der Waals surface area contributed by atoms with Crippen LogP contribution < -0.4 is 15.3 Å². The average molecular weight is 443 g/mol. The summed E-state index contributed by atoms with van der Waals surface area (Å²) in [6.45, 7) is 8.84. The molecule has 5 rings (SSSR count). The van der Waals surface area contributed by atoms with Gasteiger partial charge in [-0.1, -0.05) is 113 Å². The minimum Gasteiger partial charge on any atom is -0.474 e. The third-order valence-corrected chi connectivity index (χ3v) is 8.20. The zero-order chi connectivity index (χ0) is 24.1. The van der Waals surface area contributed by atoms with Crippen molar-refractivity contribution in [2.24, 2.45) is 0 Å². The molecule has 4 aromatic carbocycles. The van der Waals surface area contributed by atoms with Crippen molar-refractivity contribution in [1.82, 2.24) is 4.39 Å². The second kappa shape index (κ2) is 8.15. The van der Waals surface area contributed by atoms with Gasteiger partial charge in [0.2, 0.25) is 0 Å². The van der Waals surface area contributed by atoms with Crippen molar-refractivity contribution < 1.29 is 0 Å². The molecule has 0 N–H and O–H groups in total. The minimum atomic E-state index is -1.39. The summed E-state index contributed by atoms with van der Waals surface area (Å²) in [5.41, 5.74) is 13.5. The molecule has 0 radical (unpaired) electrons. The third-order valence-electron chi connectivity index (χ3n) is 8.20. The second-order valence-electron chi connectivity index (χ2n) is 10.6. The van der Waals surface area contributed by atoms with Crippen LogP contribution >= 0.6 is 0 Å². The Morgan fingerprint density at radius 3 is 1.47 bits per heavy atom. The first-order valence-corrected chi connectivity index (χ1v) is 12.3. The van der Waals surface area contributed by atoms with E-state index in [0.29, 0.717) is 0 Å². The van der Waals surface area contributed by atoms with Crippen molar-refractivity contribution >= 4 is 33.9 Å². The van der Waals surface area contributed by atoms with Gasteiger partial charge < -0.3 is 4.39 Å². The molecule has 0 bridgehead atoms. The van der Waals surface area contributed by atoms with Gasteiger partial charge >= 0.3 is 0 Å². The van der Waals surface area contributed by atoms with E-state index in [9.17, 15) is 0 Å². The summed E-state index contributed by atoms with van der Waals surface area (Å²) in [4.78, 5) is 0. The second-order valence-corrected chi connectivity index (χ2v) is 10.6. The molecular weight excluding hydrogens is 409 g/mol. The van der Waals surface area contributed by atoms with Crippen LogP contribution in [0.4, 0.5) is 5.69 Å². The lowest BCUT2D eigenvalue weighted by molar-refractivity contribution is 0.610. The van der Waals surface area contributed by atoms with Gasteiger partial charge in [0, 0.05) is 19.7 Å². The van der Waals surface area contributed by atoms with E-state index >= 15 is 0 Å². The maximum atomic E-state index is 2.40. The average Bonchev–Trinajstić information content (AvgIpc) is 2.83. The predicted molar refractivity (Wildman–Crippen MR) is 151 cm³/mol. The Bertz CT molecular complexity index is 1330. The quantitative estimate of drug-likeness (QED) is 0.321. The van der Waals surface area contributed by atoms with Crippen LogP contribution in [0.15, 0.2) is 97.1 Å². The fraction of sp³-hybridized carbons (Fsp3) is 0.188. The molecule has 1 aliphatic rings. The van der Waals surface area contributed by atoms with Gasteiger partial charge in [0.15, 0.2) is 0 Å². The Labute approximate surface area is 204 Å². The van der Waals surface area contributed by atoms with E-state index in [1.807, 2.05) is 0 Å². The zero-order valence-corrected chi connectivity index (χ0v) is 21.3. The van der Waals surface area contributed by atoms with Gasteiger partial charge in [0.1, 0.15) is 0 Å². The Morgan fingerprint density at radius 1 is 0.529 bits per heavy atom. The first-order valence-electron chi connectivity index (χ1n) is 12.3. The van der Waals surface area contributed by atoms with Crippen LogP contribution in [0, 0.1) is 20.8 Å². The maximum absolute atomic E-state index is 2.40. The normalized spacial score (nSPS) is 16.3. The lowest BCUT2D eigenvalue weighted by atomic mass is 9.19. The van der Waals surface area contributed by atoms with Crippen LogP contribution in [0.1, 0.15) is 34.7 Å². The van der Waals surface area contributed by atoms with Crippen LogP contribution in [0.5, 0.6) is 0 Å². The van der Waals surface area contributed by atoms with E-state index < -0.39 is 6.28 Å². The summed E-state index contributed by atoms with van der Waals surface area (Å²) in [5, 5.41) is 0. The smallest absolute Gasteiger partial charge is 0.296 e. The van der Waals surface area contributed by atoms with Gasteiger partial charge in [0.05, 0.1) is 5.69 Å². The lowest BCUT2D eigenvalue weighted by Gasteiger charge is -2.61. The van der Waals surface area contributed by atoms with Crippen molar-refractivity contribution in [2.45, 2.75) is 27.7 Å². The monoisotopic (exact) mass is 443 g/mol. The van der Waals surface area contributed by atoms with E-state index in [1.54, 1.807) is 0 Å². The molecule has 0 spiro atoms. The molecule has 1 heterocycles. The van der Waals surface area contributed by atoms with Gasteiger partial charge in [0.25, 0.3) is 6.28 Å². The van der Waals surface area contributed by atoms with Crippen molar-refractivity contribution in [2.75, 3.05) is 14.1 Å². The number of rotatable bonds is 3.